The lowest BCUT2D eigenvalue weighted by atomic mass is 9.93. The Morgan fingerprint density at radius 3 is 2.44 bits per heavy atom. The number of hydrogen-bond acceptors (Lipinski definition) is 8. The van der Waals surface area contributed by atoms with Crippen molar-refractivity contribution in [3.8, 4) is 12.1 Å². The van der Waals surface area contributed by atoms with Gasteiger partial charge in [-0.1, -0.05) is 17.7 Å². The third kappa shape index (κ3) is 2.07. The van der Waals surface area contributed by atoms with Crippen molar-refractivity contribution in [1.29, 1.82) is 10.5 Å². The van der Waals surface area contributed by atoms with Crippen LogP contribution in [0.1, 0.15) is 25.3 Å². The van der Waals surface area contributed by atoms with Gasteiger partial charge in [-0.3, -0.25) is 10.1 Å². The van der Waals surface area contributed by atoms with Gasteiger partial charge in [-0.2, -0.15) is 10.5 Å². The Bertz CT molecular complexity index is 930. The van der Waals surface area contributed by atoms with E-state index in [4.69, 9.17) is 26.8 Å². The van der Waals surface area contributed by atoms with Crippen LogP contribution < -0.4 is 5.73 Å². The minimum Gasteiger partial charge on any atom is -0.386 e. The quantitative estimate of drug-likeness (QED) is 0.446. The van der Waals surface area contributed by atoms with Crippen LogP contribution in [0, 0.1) is 43.6 Å². The Hall–Kier alpha value is -2.72. The predicted octanol–water partition coefficient (Wildman–Crippen LogP) is 2.46. The van der Waals surface area contributed by atoms with E-state index in [0.717, 1.165) is 0 Å². The number of hydrogen-bond donors (Lipinski definition) is 1. The number of benzene rings is 1. The van der Waals surface area contributed by atoms with Crippen molar-refractivity contribution in [2.75, 3.05) is 13.2 Å². The molecular weight excluding hydrogens is 374 g/mol. The van der Waals surface area contributed by atoms with Crippen molar-refractivity contribution >= 4 is 23.1 Å². The molecule has 0 saturated heterocycles. The second-order valence-electron chi connectivity index (χ2n) is 6.19. The van der Waals surface area contributed by atoms with E-state index in [1.807, 2.05) is 0 Å². The minimum atomic E-state index is -1.76. The van der Waals surface area contributed by atoms with E-state index >= 15 is 0 Å². The van der Waals surface area contributed by atoms with E-state index in [1.54, 1.807) is 13.8 Å². The topological polar surface area (TPSA) is 148 Å². The molecule has 1 heterocycles. The van der Waals surface area contributed by atoms with Crippen molar-refractivity contribution < 1.29 is 14.4 Å². The smallest absolute Gasteiger partial charge is 0.293 e. The number of nitrogens with zero attached hydrogens (tertiary/aromatic N) is 4. The fourth-order valence-electron chi connectivity index (χ4n) is 4.10. The highest BCUT2D eigenvalue weighted by molar-refractivity contribution is 6.32. The monoisotopic (exact) mass is 389 g/mol. The molecule has 27 heavy (non-hydrogen) atoms. The molecule has 1 fully saturated rings. The molecule has 0 aromatic heterocycles. The molecule has 0 spiro atoms. The molecular formula is C17H16ClN5O4. The summed E-state index contributed by atoms with van der Waals surface area (Å²) in [6, 6.07) is 8.38. The third-order valence-electron chi connectivity index (χ3n) is 5.11. The fraction of sp³-hybridized carbons (Fsp3) is 0.471. The first-order chi connectivity index (χ1) is 12.8. The van der Waals surface area contributed by atoms with Crippen molar-refractivity contribution in [2.45, 2.75) is 25.7 Å². The van der Waals surface area contributed by atoms with Gasteiger partial charge in [-0.25, -0.2) is 4.99 Å². The van der Waals surface area contributed by atoms with Crippen LogP contribution in [0.3, 0.4) is 0 Å². The maximum atomic E-state index is 11.3. The molecule has 1 aromatic rings. The average Bonchev–Trinajstić information content (AvgIpc) is 3.21. The van der Waals surface area contributed by atoms with Crippen molar-refractivity contribution in [3.05, 3.63) is 38.9 Å². The number of nitrogens with two attached hydrogens (primary N) is 1. The summed E-state index contributed by atoms with van der Waals surface area (Å²) in [5.74, 6) is -2.66. The lowest BCUT2D eigenvalue weighted by Crippen LogP contribution is -2.43. The van der Waals surface area contributed by atoms with Crippen LogP contribution in [-0.4, -0.2) is 29.9 Å². The highest BCUT2D eigenvalue weighted by atomic mass is 35.5. The molecule has 1 aliphatic heterocycles. The molecule has 10 heteroatoms. The van der Waals surface area contributed by atoms with Gasteiger partial charge in [0.1, 0.15) is 16.3 Å². The minimum absolute atomic E-state index is 0.0471. The normalized spacial score (nSPS) is 30.0. The fourth-order valence-corrected chi connectivity index (χ4v) is 4.29. The number of nitro groups is 1. The average molecular weight is 390 g/mol. The Morgan fingerprint density at radius 2 is 1.96 bits per heavy atom. The summed E-state index contributed by atoms with van der Waals surface area (Å²) >= 11 is 5.89. The van der Waals surface area contributed by atoms with Gasteiger partial charge in [0, 0.05) is 25.2 Å². The number of ether oxygens (including phenoxy) is 2. The summed E-state index contributed by atoms with van der Waals surface area (Å²) in [5, 5.41) is 31.2. The Labute approximate surface area is 160 Å². The predicted molar refractivity (Wildman–Crippen MR) is 94.5 cm³/mol. The Balaban J connectivity index is 2.24. The molecule has 3 rings (SSSR count). The van der Waals surface area contributed by atoms with E-state index in [1.165, 1.54) is 18.2 Å². The van der Waals surface area contributed by atoms with Gasteiger partial charge in [0.2, 0.25) is 0 Å². The van der Waals surface area contributed by atoms with Crippen LogP contribution in [0.4, 0.5) is 5.69 Å². The van der Waals surface area contributed by atoms with Crippen molar-refractivity contribution in [2.24, 2.45) is 21.6 Å². The Kier molecular flexibility index (Phi) is 4.35. The zero-order valence-electron chi connectivity index (χ0n) is 14.6. The van der Waals surface area contributed by atoms with Crippen LogP contribution in [0.15, 0.2) is 23.2 Å². The maximum absolute atomic E-state index is 11.3. The zero-order valence-corrected chi connectivity index (χ0v) is 15.4. The summed E-state index contributed by atoms with van der Waals surface area (Å²) in [6.07, 6.45) is 0. The van der Waals surface area contributed by atoms with E-state index < -0.39 is 27.6 Å². The van der Waals surface area contributed by atoms with E-state index in [-0.39, 0.29) is 29.8 Å². The number of rotatable bonds is 6. The first-order valence-corrected chi connectivity index (χ1v) is 8.59. The molecule has 0 bridgehead atoms. The maximum Gasteiger partial charge on any atom is 0.293 e. The van der Waals surface area contributed by atoms with Crippen LogP contribution in [0.25, 0.3) is 0 Å². The molecule has 0 radical (unpaired) electrons. The largest absolute Gasteiger partial charge is 0.386 e. The van der Waals surface area contributed by atoms with E-state index in [9.17, 15) is 20.6 Å². The molecule has 140 valence electrons. The Morgan fingerprint density at radius 1 is 1.33 bits per heavy atom. The standard InChI is InChI=1S/C17H16ClN5O4/c1-3-26-17(27-4-2)16(9-20)13(15(16,8-19)14(21)22-17)10-5-6-11(18)12(7-10)23(24)25/h5-7,13H,3-4H2,1-2H3,(H2,21,22). The molecule has 1 aliphatic carbocycles. The van der Waals surface area contributed by atoms with Gasteiger partial charge < -0.3 is 15.2 Å². The van der Waals surface area contributed by atoms with E-state index in [2.05, 4.69) is 17.1 Å². The summed E-state index contributed by atoms with van der Waals surface area (Å²) < 4.78 is 11.4. The summed E-state index contributed by atoms with van der Waals surface area (Å²) in [7, 11) is 0. The molecule has 3 atom stereocenters. The molecule has 3 unspecified atom stereocenters. The van der Waals surface area contributed by atoms with Crippen LogP contribution in [0.5, 0.6) is 0 Å². The van der Waals surface area contributed by atoms with Gasteiger partial charge in [0.15, 0.2) is 5.41 Å². The molecule has 2 aliphatic rings. The van der Waals surface area contributed by atoms with Gasteiger partial charge in [-0.15, -0.1) is 0 Å². The second kappa shape index (κ2) is 6.17. The number of nitriles is 2. The van der Waals surface area contributed by atoms with Gasteiger partial charge in [-0.05, 0) is 25.5 Å². The van der Waals surface area contributed by atoms with Gasteiger partial charge in [0.05, 0.1) is 17.1 Å². The first-order valence-electron chi connectivity index (χ1n) is 8.21. The molecule has 1 saturated carbocycles. The third-order valence-corrected chi connectivity index (χ3v) is 5.43. The molecule has 2 N–H and O–H groups in total. The SMILES string of the molecule is CCOC1(OCC)N=C(N)C2(C#N)C(c3ccc(Cl)c([N+](=O)[O-])c3)C12C#N. The van der Waals surface area contributed by atoms with Crippen molar-refractivity contribution in [1.82, 2.24) is 0 Å². The number of nitro benzene ring substituents is 1. The van der Waals surface area contributed by atoms with Gasteiger partial charge >= 0.3 is 0 Å². The number of aliphatic imine (C=N–C) groups is 1. The molecule has 1 aromatic carbocycles. The summed E-state index contributed by atoms with van der Waals surface area (Å²) in [6.45, 7) is 3.73. The highest BCUT2D eigenvalue weighted by Crippen LogP contribution is 2.82. The number of fused-ring (bicyclic) bond motifs is 1. The second-order valence-corrected chi connectivity index (χ2v) is 6.59. The summed E-state index contributed by atoms with van der Waals surface area (Å²) in [5.41, 5.74) is 3.05. The summed E-state index contributed by atoms with van der Waals surface area (Å²) in [4.78, 5) is 14.8. The lowest BCUT2D eigenvalue weighted by molar-refractivity contribution is -0.384. The zero-order chi connectivity index (χ0) is 20.0. The van der Waals surface area contributed by atoms with Gasteiger partial charge in [0.25, 0.3) is 11.6 Å². The highest BCUT2D eigenvalue weighted by Gasteiger charge is 2.93. The number of halogens is 1. The van der Waals surface area contributed by atoms with E-state index in [0.29, 0.717) is 5.56 Å². The first kappa shape index (κ1) is 19.1. The van der Waals surface area contributed by atoms with Crippen molar-refractivity contribution in [3.63, 3.8) is 0 Å². The molecule has 0 amide bonds. The molecule has 9 nitrogen and oxygen atoms in total. The number of amidine groups is 1. The van der Waals surface area contributed by atoms with Crippen LogP contribution >= 0.6 is 11.6 Å². The lowest BCUT2D eigenvalue weighted by Gasteiger charge is -2.31. The van der Waals surface area contributed by atoms with Crippen LogP contribution in [0.2, 0.25) is 5.02 Å². The van der Waals surface area contributed by atoms with Crippen LogP contribution in [-0.2, 0) is 9.47 Å².